The predicted octanol–water partition coefficient (Wildman–Crippen LogP) is 0.404. The van der Waals surface area contributed by atoms with Crippen molar-refractivity contribution < 1.29 is 22.7 Å². The van der Waals surface area contributed by atoms with E-state index in [0.717, 1.165) is 0 Å². The number of carbonyl (C=O) groups excluding carboxylic acids is 2. The molecular formula is C10H10O5S. The number of allylic oxidation sites excluding steroid dienone is 4. The van der Waals surface area contributed by atoms with E-state index in [1.165, 1.54) is 18.2 Å². The summed E-state index contributed by atoms with van der Waals surface area (Å²) in [6.45, 7) is 0. The Kier molecular flexibility index (Phi) is 4.65. The van der Waals surface area contributed by atoms with E-state index in [9.17, 15) is 18.0 Å². The van der Waals surface area contributed by atoms with Crippen LogP contribution in [0, 0.1) is 0 Å². The van der Waals surface area contributed by atoms with E-state index in [2.05, 4.69) is 0 Å². The molecular weight excluding hydrogens is 232 g/mol. The van der Waals surface area contributed by atoms with Crippen molar-refractivity contribution in [2.45, 2.75) is 19.3 Å². The molecule has 0 fully saturated rings. The van der Waals surface area contributed by atoms with E-state index >= 15 is 0 Å². The molecule has 0 heterocycles. The highest BCUT2D eigenvalue weighted by Crippen LogP contribution is 2.12. The zero-order chi connectivity index (χ0) is 12.0. The number of esters is 1. The maximum absolute atomic E-state index is 11.1. The quantitative estimate of drug-likeness (QED) is 0.405. The lowest BCUT2D eigenvalue weighted by Crippen LogP contribution is -2.09. The summed E-state index contributed by atoms with van der Waals surface area (Å²) in [6, 6.07) is 0. The van der Waals surface area contributed by atoms with Gasteiger partial charge in [-0.05, 0) is 12.2 Å². The molecule has 86 valence electrons. The zero-order valence-electron chi connectivity index (χ0n) is 8.38. The summed E-state index contributed by atoms with van der Waals surface area (Å²) in [4.78, 5) is 21.3. The van der Waals surface area contributed by atoms with E-state index in [4.69, 9.17) is 4.74 Å². The number of aldehydes is 1. The standard InChI is InChI=1S/C10H10O5S/c11-6-2-5-10(12)15-8-3-1-4-9(7-8)16(13)14/h1,3-4,6H,2,5,7H2. The van der Waals surface area contributed by atoms with Crippen LogP contribution in [0.5, 0.6) is 0 Å². The third-order valence-electron chi connectivity index (χ3n) is 1.84. The Morgan fingerprint density at radius 3 is 2.88 bits per heavy atom. The number of ether oxygens (including phenoxy) is 1. The first-order chi connectivity index (χ1) is 7.63. The van der Waals surface area contributed by atoms with Crippen molar-refractivity contribution in [3.05, 3.63) is 24.0 Å². The predicted molar refractivity (Wildman–Crippen MR) is 57.2 cm³/mol. The number of carbonyl (C=O) groups is 2. The Hall–Kier alpha value is -1.69. The Morgan fingerprint density at radius 1 is 1.50 bits per heavy atom. The summed E-state index contributed by atoms with van der Waals surface area (Å²) in [7, 11) is -2.30. The Balaban J connectivity index is 2.60. The minimum absolute atomic E-state index is 0.000349. The molecule has 0 saturated heterocycles. The van der Waals surface area contributed by atoms with Gasteiger partial charge in [0.25, 0.3) is 0 Å². The van der Waals surface area contributed by atoms with Crippen LogP contribution in [0.2, 0.25) is 0 Å². The van der Waals surface area contributed by atoms with Gasteiger partial charge in [0.05, 0.1) is 11.3 Å². The van der Waals surface area contributed by atoms with Crippen LogP contribution in [-0.2, 0) is 24.6 Å². The molecule has 1 aliphatic carbocycles. The van der Waals surface area contributed by atoms with Crippen molar-refractivity contribution in [1.82, 2.24) is 0 Å². The Labute approximate surface area is 93.9 Å². The highest BCUT2D eigenvalue weighted by molar-refractivity contribution is 7.73. The monoisotopic (exact) mass is 242 g/mol. The Bertz CT molecular complexity index is 473. The van der Waals surface area contributed by atoms with E-state index in [1.54, 1.807) is 0 Å². The first kappa shape index (κ1) is 12.4. The molecule has 0 radical (unpaired) electrons. The third kappa shape index (κ3) is 3.82. The molecule has 0 saturated carbocycles. The molecule has 1 aliphatic rings. The van der Waals surface area contributed by atoms with Crippen LogP contribution in [0.1, 0.15) is 19.3 Å². The van der Waals surface area contributed by atoms with Gasteiger partial charge in [-0.3, -0.25) is 4.79 Å². The average molecular weight is 242 g/mol. The molecule has 0 bridgehead atoms. The molecule has 0 aromatic rings. The molecule has 0 unspecified atom stereocenters. The van der Waals surface area contributed by atoms with Crippen LogP contribution in [0.3, 0.4) is 0 Å². The lowest BCUT2D eigenvalue weighted by Gasteiger charge is -2.09. The number of rotatable bonds is 4. The molecule has 0 aliphatic heterocycles. The van der Waals surface area contributed by atoms with E-state index in [-0.39, 0.29) is 29.9 Å². The van der Waals surface area contributed by atoms with Gasteiger partial charge >= 0.3 is 5.97 Å². The van der Waals surface area contributed by atoms with Crippen molar-refractivity contribution in [3.63, 3.8) is 0 Å². The average Bonchev–Trinajstić information content (AvgIpc) is 2.26. The van der Waals surface area contributed by atoms with Crippen molar-refractivity contribution in [2.75, 3.05) is 0 Å². The molecule has 1 rings (SSSR count). The second-order valence-electron chi connectivity index (χ2n) is 3.05. The number of hydrogen-bond acceptors (Lipinski definition) is 5. The number of hydrogen-bond donors (Lipinski definition) is 0. The summed E-state index contributed by atoms with van der Waals surface area (Å²) in [5.41, 5.74) is 0. The maximum atomic E-state index is 11.1. The van der Waals surface area contributed by atoms with Crippen molar-refractivity contribution in [3.8, 4) is 0 Å². The van der Waals surface area contributed by atoms with E-state index in [1.807, 2.05) is 0 Å². The molecule has 5 nitrogen and oxygen atoms in total. The molecule has 0 aromatic heterocycles. The van der Waals surface area contributed by atoms with Gasteiger partial charge in [0.15, 0.2) is 0 Å². The molecule has 0 spiro atoms. The topological polar surface area (TPSA) is 77.5 Å². The van der Waals surface area contributed by atoms with Gasteiger partial charge in [-0.1, -0.05) is 6.08 Å². The first-order valence-corrected chi connectivity index (χ1v) is 5.67. The van der Waals surface area contributed by atoms with Gasteiger partial charge in [-0.15, -0.1) is 0 Å². The van der Waals surface area contributed by atoms with Gasteiger partial charge < -0.3 is 9.53 Å². The van der Waals surface area contributed by atoms with Crippen LogP contribution in [0.4, 0.5) is 0 Å². The van der Waals surface area contributed by atoms with Crippen molar-refractivity contribution in [1.29, 1.82) is 0 Å². The molecule has 0 aromatic carbocycles. The van der Waals surface area contributed by atoms with Crippen LogP contribution in [-0.4, -0.2) is 25.5 Å². The van der Waals surface area contributed by atoms with E-state index in [0.29, 0.717) is 6.29 Å². The molecule has 0 atom stereocenters. The fourth-order valence-corrected chi connectivity index (χ4v) is 1.56. The van der Waals surface area contributed by atoms with Crippen molar-refractivity contribution >= 4 is 27.4 Å². The smallest absolute Gasteiger partial charge is 0.311 e. The second-order valence-corrected chi connectivity index (χ2v) is 4.04. The first-order valence-electron chi connectivity index (χ1n) is 4.60. The van der Waals surface area contributed by atoms with Gasteiger partial charge in [0.2, 0.25) is 10.3 Å². The minimum atomic E-state index is -2.30. The molecule has 0 N–H and O–H groups in total. The van der Waals surface area contributed by atoms with Crippen LogP contribution in [0.25, 0.3) is 0 Å². The van der Waals surface area contributed by atoms with Gasteiger partial charge in [-0.25, -0.2) is 0 Å². The van der Waals surface area contributed by atoms with Crippen LogP contribution in [0.15, 0.2) is 24.0 Å². The van der Waals surface area contributed by atoms with Crippen LogP contribution < -0.4 is 0 Å². The minimum Gasteiger partial charge on any atom is -0.431 e. The third-order valence-corrected chi connectivity index (χ3v) is 2.55. The summed E-state index contributed by atoms with van der Waals surface area (Å²) < 4.78 is 26.2. The van der Waals surface area contributed by atoms with Crippen molar-refractivity contribution in [2.24, 2.45) is 0 Å². The Morgan fingerprint density at radius 2 is 2.25 bits per heavy atom. The second kappa shape index (κ2) is 6.02. The maximum Gasteiger partial charge on any atom is 0.311 e. The lowest BCUT2D eigenvalue weighted by atomic mass is 10.1. The summed E-state index contributed by atoms with van der Waals surface area (Å²) in [5, 5.41) is 0. The molecule has 6 heteroatoms. The fraction of sp³-hybridized carbons (Fsp3) is 0.300. The van der Waals surface area contributed by atoms with Crippen LogP contribution >= 0.6 is 0 Å². The van der Waals surface area contributed by atoms with Gasteiger partial charge in [-0.2, -0.15) is 8.42 Å². The van der Waals surface area contributed by atoms with Gasteiger partial charge in [0, 0.05) is 12.8 Å². The molecule has 0 amide bonds. The molecule has 16 heavy (non-hydrogen) atoms. The fourth-order valence-electron chi connectivity index (χ4n) is 1.11. The zero-order valence-corrected chi connectivity index (χ0v) is 9.20. The lowest BCUT2D eigenvalue weighted by molar-refractivity contribution is -0.140. The SMILES string of the molecule is O=CCCC(=O)OC1=CC=CC(=S(=O)=O)C1. The van der Waals surface area contributed by atoms with E-state index < -0.39 is 16.3 Å². The summed E-state index contributed by atoms with van der Waals surface area (Å²) in [5.74, 6) is -0.262. The summed E-state index contributed by atoms with van der Waals surface area (Å²) >= 11 is 0. The highest BCUT2D eigenvalue weighted by Gasteiger charge is 2.12. The van der Waals surface area contributed by atoms with Gasteiger partial charge in [0.1, 0.15) is 12.0 Å². The summed E-state index contributed by atoms with van der Waals surface area (Å²) in [6.07, 6.45) is 5.25. The largest absolute Gasteiger partial charge is 0.431 e. The highest BCUT2D eigenvalue weighted by atomic mass is 32.2. The normalized spacial score (nSPS) is 14.2.